The Bertz CT molecular complexity index is 428. The molecular formula is C13H17ClFNO3. The molecule has 0 heterocycles. The van der Waals surface area contributed by atoms with E-state index < -0.39 is 5.82 Å². The van der Waals surface area contributed by atoms with Gasteiger partial charge in [0.15, 0.2) is 11.6 Å². The van der Waals surface area contributed by atoms with Crippen LogP contribution in [-0.4, -0.2) is 38.7 Å². The molecule has 0 aliphatic carbocycles. The molecule has 0 spiro atoms. The standard InChI is InChI=1S/C13H17ClFNO3/c1-18-6-5-10(8-14)16-13(17)9-3-4-12(19-2)11(15)7-9/h3-4,7,10H,5-6,8H2,1-2H3,(H,16,17). The molecule has 1 aromatic rings. The molecule has 1 amide bonds. The summed E-state index contributed by atoms with van der Waals surface area (Å²) in [5, 5.41) is 2.72. The minimum atomic E-state index is -0.575. The molecule has 0 saturated heterocycles. The number of benzene rings is 1. The van der Waals surface area contributed by atoms with Crippen molar-refractivity contribution >= 4 is 17.5 Å². The fourth-order valence-corrected chi connectivity index (χ4v) is 1.76. The van der Waals surface area contributed by atoms with Crippen molar-refractivity contribution in [2.24, 2.45) is 0 Å². The number of carbonyl (C=O) groups is 1. The topological polar surface area (TPSA) is 47.6 Å². The Morgan fingerprint density at radius 3 is 2.74 bits per heavy atom. The molecule has 0 aliphatic heterocycles. The highest BCUT2D eigenvalue weighted by Crippen LogP contribution is 2.17. The lowest BCUT2D eigenvalue weighted by atomic mass is 10.1. The van der Waals surface area contributed by atoms with Gasteiger partial charge >= 0.3 is 0 Å². The predicted octanol–water partition coefficient (Wildman–Crippen LogP) is 2.21. The normalized spacial score (nSPS) is 12.0. The van der Waals surface area contributed by atoms with Gasteiger partial charge in [0, 0.05) is 31.2 Å². The molecule has 1 unspecified atom stereocenters. The lowest BCUT2D eigenvalue weighted by Gasteiger charge is -2.15. The van der Waals surface area contributed by atoms with E-state index in [9.17, 15) is 9.18 Å². The average Bonchev–Trinajstić information content (AvgIpc) is 2.43. The Hall–Kier alpha value is -1.33. The summed E-state index contributed by atoms with van der Waals surface area (Å²) in [6, 6.07) is 3.84. The van der Waals surface area contributed by atoms with Crippen molar-refractivity contribution < 1.29 is 18.7 Å². The van der Waals surface area contributed by atoms with E-state index in [1.54, 1.807) is 7.11 Å². The van der Waals surface area contributed by atoms with Gasteiger partial charge in [-0.15, -0.1) is 11.6 Å². The van der Waals surface area contributed by atoms with Gasteiger partial charge in [0.25, 0.3) is 5.91 Å². The highest BCUT2D eigenvalue weighted by atomic mass is 35.5. The first-order chi connectivity index (χ1) is 9.12. The zero-order valence-electron chi connectivity index (χ0n) is 10.9. The lowest BCUT2D eigenvalue weighted by molar-refractivity contribution is 0.0929. The molecule has 0 bridgehead atoms. The van der Waals surface area contributed by atoms with Crippen LogP contribution in [0.15, 0.2) is 18.2 Å². The number of carbonyl (C=O) groups excluding carboxylic acids is 1. The number of methoxy groups -OCH3 is 2. The van der Waals surface area contributed by atoms with E-state index in [0.29, 0.717) is 13.0 Å². The second kappa shape index (κ2) is 7.96. The van der Waals surface area contributed by atoms with Crippen molar-refractivity contribution in [3.63, 3.8) is 0 Å². The molecule has 0 aromatic heterocycles. The van der Waals surface area contributed by atoms with E-state index in [1.807, 2.05) is 0 Å². The van der Waals surface area contributed by atoms with Crippen LogP contribution >= 0.6 is 11.6 Å². The highest BCUT2D eigenvalue weighted by molar-refractivity contribution is 6.18. The molecule has 106 valence electrons. The molecule has 0 radical (unpaired) electrons. The van der Waals surface area contributed by atoms with Crippen molar-refractivity contribution in [2.75, 3.05) is 26.7 Å². The van der Waals surface area contributed by atoms with Crippen molar-refractivity contribution in [1.82, 2.24) is 5.32 Å². The second-order valence-corrected chi connectivity index (χ2v) is 4.26. The summed E-state index contributed by atoms with van der Waals surface area (Å²) < 4.78 is 23.2. The number of halogens is 2. The van der Waals surface area contributed by atoms with Gasteiger partial charge in [-0.05, 0) is 24.6 Å². The molecule has 6 heteroatoms. The van der Waals surface area contributed by atoms with Gasteiger partial charge in [-0.2, -0.15) is 0 Å². The molecule has 0 saturated carbocycles. The van der Waals surface area contributed by atoms with Crippen LogP contribution in [0.5, 0.6) is 5.75 Å². The SMILES string of the molecule is COCCC(CCl)NC(=O)c1ccc(OC)c(F)c1. The third kappa shape index (κ3) is 4.69. The van der Waals surface area contributed by atoms with Gasteiger partial charge in [-0.1, -0.05) is 0 Å². The Kier molecular flexibility index (Phi) is 6.59. The average molecular weight is 290 g/mol. The number of alkyl halides is 1. The summed E-state index contributed by atoms with van der Waals surface area (Å²) in [6.45, 7) is 0.495. The van der Waals surface area contributed by atoms with E-state index in [-0.39, 0.29) is 29.1 Å². The summed E-state index contributed by atoms with van der Waals surface area (Å²) in [5.41, 5.74) is 0.228. The zero-order chi connectivity index (χ0) is 14.3. The Labute approximate surface area is 116 Å². The monoisotopic (exact) mass is 289 g/mol. The van der Waals surface area contributed by atoms with Gasteiger partial charge in [0.1, 0.15) is 0 Å². The maximum absolute atomic E-state index is 13.5. The summed E-state index contributed by atoms with van der Waals surface area (Å²) in [5.74, 6) is -0.573. The quantitative estimate of drug-likeness (QED) is 0.783. The molecule has 1 rings (SSSR count). The Morgan fingerprint density at radius 1 is 1.47 bits per heavy atom. The fourth-order valence-electron chi connectivity index (χ4n) is 1.52. The Balaban J connectivity index is 2.69. The van der Waals surface area contributed by atoms with Gasteiger partial charge in [-0.3, -0.25) is 4.79 Å². The maximum Gasteiger partial charge on any atom is 0.251 e. The zero-order valence-corrected chi connectivity index (χ0v) is 11.7. The van der Waals surface area contributed by atoms with Crippen LogP contribution in [0.25, 0.3) is 0 Å². The number of rotatable bonds is 7. The fraction of sp³-hybridized carbons (Fsp3) is 0.462. The van der Waals surface area contributed by atoms with Gasteiger partial charge in [-0.25, -0.2) is 4.39 Å². The number of hydrogen-bond donors (Lipinski definition) is 1. The Morgan fingerprint density at radius 2 is 2.21 bits per heavy atom. The number of ether oxygens (including phenoxy) is 2. The molecule has 19 heavy (non-hydrogen) atoms. The van der Waals surface area contributed by atoms with E-state index in [4.69, 9.17) is 21.1 Å². The largest absolute Gasteiger partial charge is 0.494 e. The van der Waals surface area contributed by atoms with Crippen LogP contribution in [0.3, 0.4) is 0 Å². The minimum absolute atomic E-state index is 0.102. The van der Waals surface area contributed by atoms with E-state index in [1.165, 1.54) is 19.2 Å². The molecule has 1 N–H and O–H groups in total. The summed E-state index contributed by atoms with van der Waals surface area (Å²) in [7, 11) is 2.94. The van der Waals surface area contributed by atoms with E-state index >= 15 is 0 Å². The number of hydrogen-bond acceptors (Lipinski definition) is 3. The van der Waals surface area contributed by atoms with E-state index in [2.05, 4.69) is 5.32 Å². The van der Waals surface area contributed by atoms with E-state index in [0.717, 1.165) is 6.07 Å². The summed E-state index contributed by atoms with van der Waals surface area (Å²) in [6.07, 6.45) is 0.602. The lowest BCUT2D eigenvalue weighted by Crippen LogP contribution is -2.37. The molecule has 1 aromatic carbocycles. The number of amides is 1. The van der Waals surface area contributed by atoms with Crippen molar-refractivity contribution in [3.05, 3.63) is 29.6 Å². The summed E-state index contributed by atoms with van der Waals surface area (Å²) >= 11 is 5.75. The maximum atomic E-state index is 13.5. The minimum Gasteiger partial charge on any atom is -0.494 e. The first-order valence-electron chi connectivity index (χ1n) is 5.81. The van der Waals surface area contributed by atoms with Crippen molar-refractivity contribution in [1.29, 1.82) is 0 Å². The van der Waals surface area contributed by atoms with Crippen LogP contribution < -0.4 is 10.1 Å². The second-order valence-electron chi connectivity index (χ2n) is 3.96. The third-order valence-electron chi connectivity index (χ3n) is 2.61. The van der Waals surface area contributed by atoms with Crippen LogP contribution in [0.4, 0.5) is 4.39 Å². The third-order valence-corrected chi connectivity index (χ3v) is 2.98. The van der Waals surface area contributed by atoms with Crippen molar-refractivity contribution in [3.8, 4) is 5.75 Å². The summed E-state index contributed by atoms with van der Waals surface area (Å²) in [4.78, 5) is 11.9. The molecule has 1 atom stereocenters. The molecule has 4 nitrogen and oxygen atoms in total. The first-order valence-corrected chi connectivity index (χ1v) is 6.35. The smallest absolute Gasteiger partial charge is 0.251 e. The number of nitrogens with one attached hydrogen (secondary N) is 1. The first kappa shape index (κ1) is 15.7. The van der Waals surface area contributed by atoms with Gasteiger partial charge < -0.3 is 14.8 Å². The van der Waals surface area contributed by atoms with Gasteiger partial charge in [0.2, 0.25) is 0 Å². The molecule has 0 fully saturated rings. The van der Waals surface area contributed by atoms with Gasteiger partial charge in [0.05, 0.1) is 7.11 Å². The highest BCUT2D eigenvalue weighted by Gasteiger charge is 2.14. The molecule has 0 aliphatic rings. The van der Waals surface area contributed by atoms with Crippen LogP contribution in [0, 0.1) is 5.82 Å². The predicted molar refractivity (Wildman–Crippen MR) is 71.4 cm³/mol. The van der Waals surface area contributed by atoms with Crippen LogP contribution in [-0.2, 0) is 4.74 Å². The van der Waals surface area contributed by atoms with Crippen molar-refractivity contribution in [2.45, 2.75) is 12.5 Å². The van der Waals surface area contributed by atoms with Crippen LogP contribution in [0.1, 0.15) is 16.8 Å². The molecular weight excluding hydrogens is 273 g/mol. The van der Waals surface area contributed by atoms with Crippen LogP contribution in [0.2, 0.25) is 0 Å².